The lowest BCUT2D eigenvalue weighted by atomic mass is 9.82. The van der Waals surface area contributed by atoms with Gasteiger partial charge in [-0.25, -0.2) is 4.79 Å². The minimum absolute atomic E-state index is 0.0636. The number of ether oxygens (including phenoxy) is 3. The third-order valence-corrected chi connectivity index (χ3v) is 4.87. The first-order valence-electron chi connectivity index (χ1n) is 10.5. The van der Waals surface area contributed by atoms with Crippen LogP contribution >= 0.6 is 0 Å². The number of carbonyl (C=O) groups is 3. The lowest BCUT2D eigenvalue weighted by Gasteiger charge is -2.26. The van der Waals surface area contributed by atoms with Crippen LogP contribution in [0.1, 0.15) is 65.0 Å². The Morgan fingerprint density at radius 2 is 1.83 bits per heavy atom. The monoisotopic (exact) mass is 419 g/mol. The molecule has 3 unspecified atom stereocenters. The van der Waals surface area contributed by atoms with Gasteiger partial charge in [0.05, 0.1) is 5.92 Å². The van der Waals surface area contributed by atoms with Crippen LogP contribution in [0.2, 0.25) is 0 Å². The molecule has 0 heterocycles. The number of hydrogen-bond acceptors (Lipinski definition) is 6. The van der Waals surface area contributed by atoms with E-state index in [0.29, 0.717) is 11.5 Å². The molecule has 1 aliphatic carbocycles. The zero-order valence-corrected chi connectivity index (χ0v) is 18.3. The van der Waals surface area contributed by atoms with Gasteiger partial charge >= 0.3 is 18.0 Å². The lowest BCUT2D eigenvalue weighted by molar-refractivity contribution is -0.162. The smallest absolute Gasteiger partial charge is 0.408 e. The molecule has 1 saturated carbocycles. The van der Waals surface area contributed by atoms with Crippen molar-refractivity contribution in [2.45, 2.75) is 65.1 Å². The van der Waals surface area contributed by atoms with E-state index in [2.05, 4.69) is 12.2 Å². The summed E-state index contributed by atoms with van der Waals surface area (Å²) < 4.78 is 16.1. The summed E-state index contributed by atoms with van der Waals surface area (Å²) in [6.07, 6.45) is 2.37. The third-order valence-electron chi connectivity index (χ3n) is 4.87. The Morgan fingerprint density at radius 3 is 2.47 bits per heavy atom. The maximum absolute atomic E-state index is 12.5. The van der Waals surface area contributed by atoms with Gasteiger partial charge in [0.15, 0.2) is 6.10 Å². The predicted molar refractivity (Wildman–Crippen MR) is 112 cm³/mol. The predicted octanol–water partition coefficient (Wildman–Crippen LogP) is 4.17. The van der Waals surface area contributed by atoms with Gasteiger partial charge in [0.2, 0.25) is 0 Å². The van der Waals surface area contributed by atoms with Crippen LogP contribution in [-0.4, -0.2) is 36.8 Å². The molecule has 0 aromatic heterocycles. The highest BCUT2D eigenvalue weighted by Gasteiger charge is 2.28. The Hall–Kier alpha value is -2.57. The van der Waals surface area contributed by atoms with Crippen molar-refractivity contribution in [3.05, 3.63) is 35.9 Å². The van der Waals surface area contributed by atoms with Gasteiger partial charge in [-0.3, -0.25) is 9.59 Å². The first-order chi connectivity index (χ1) is 14.1. The van der Waals surface area contributed by atoms with Crippen molar-refractivity contribution < 1.29 is 28.6 Å². The SMILES string of the molecule is CC1CCCC(C(=O)OCC(OC(=O)CNC(=O)OC(C)(C)C)c2ccccc2)C1. The molecule has 7 heteroatoms. The largest absolute Gasteiger partial charge is 0.461 e. The summed E-state index contributed by atoms with van der Waals surface area (Å²) in [5.41, 5.74) is 0.0543. The lowest BCUT2D eigenvalue weighted by Crippen LogP contribution is -2.36. The van der Waals surface area contributed by atoms with Crippen LogP contribution in [-0.2, 0) is 23.8 Å². The van der Waals surface area contributed by atoms with Crippen molar-refractivity contribution in [3.63, 3.8) is 0 Å². The average Bonchev–Trinajstić information content (AvgIpc) is 2.68. The van der Waals surface area contributed by atoms with Crippen molar-refractivity contribution in [1.82, 2.24) is 5.32 Å². The summed E-state index contributed by atoms with van der Waals surface area (Å²) in [5.74, 6) is -0.477. The molecule has 1 fully saturated rings. The fourth-order valence-electron chi connectivity index (χ4n) is 3.45. The van der Waals surface area contributed by atoms with Gasteiger partial charge in [-0.2, -0.15) is 0 Å². The molecule has 7 nitrogen and oxygen atoms in total. The molecule has 0 aliphatic heterocycles. The van der Waals surface area contributed by atoms with Gasteiger partial charge in [-0.1, -0.05) is 50.1 Å². The summed E-state index contributed by atoms with van der Waals surface area (Å²) in [6.45, 7) is 6.94. The molecule has 2 rings (SSSR count). The number of esters is 2. The van der Waals surface area contributed by atoms with E-state index in [4.69, 9.17) is 14.2 Å². The fourth-order valence-corrected chi connectivity index (χ4v) is 3.45. The van der Waals surface area contributed by atoms with Gasteiger partial charge in [0.1, 0.15) is 18.8 Å². The Labute approximate surface area is 178 Å². The van der Waals surface area contributed by atoms with E-state index in [1.807, 2.05) is 18.2 Å². The molecule has 1 aromatic rings. The number of benzene rings is 1. The molecule has 166 valence electrons. The van der Waals surface area contributed by atoms with Crippen LogP contribution in [0.25, 0.3) is 0 Å². The summed E-state index contributed by atoms with van der Waals surface area (Å²) in [5, 5.41) is 2.37. The molecule has 3 atom stereocenters. The van der Waals surface area contributed by atoms with E-state index in [9.17, 15) is 14.4 Å². The maximum atomic E-state index is 12.5. The standard InChI is InChI=1S/C23H33NO6/c1-16-9-8-12-18(13-16)21(26)28-15-19(17-10-6-5-7-11-17)29-20(25)14-24-22(27)30-23(2,3)4/h5-7,10-11,16,18-19H,8-9,12-15H2,1-4H3,(H,24,27). The van der Waals surface area contributed by atoms with E-state index in [1.54, 1.807) is 32.9 Å². The van der Waals surface area contributed by atoms with E-state index in [0.717, 1.165) is 25.7 Å². The highest BCUT2D eigenvalue weighted by molar-refractivity contribution is 5.78. The number of rotatable bonds is 7. The summed E-state index contributed by atoms with van der Waals surface area (Å²) in [7, 11) is 0. The molecule has 0 radical (unpaired) electrons. The Bertz CT molecular complexity index is 712. The van der Waals surface area contributed by atoms with Gasteiger partial charge in [-0.05, 0) is 45.1 Å². The topological polar surface area (TPSA) is 90.9 Å². The first-order valence-corrected chi connectivity index (χ1v) is 10.5. The minimum Gasteiger partial charge on any atom is -0.461 e. The fraction of sp³-hybridized carbons (Fsp3) is 0.609. The normalized spacial score (nSPS) is 20.0. The average molecular weight is 420 g/mol. The second kappa shape index (κ2) is 11.0. The number of carbonyl (C=O) groups excluding carboxylic acids is 3. The molecule has 1 aromatic carbocycles. The molecular formula is C23H33NO6. The Balaban J connectivity index is 1.91. The third kappa shape index (κ3) is 8.43. The summed E-state index contributed by atoms with van der Waals surface area (Å²) in [6, 6.07) is 9.09. The van der Waals surface area contributed by atoms with Crippen molar-refractivity contribution >= 4 is 18.0 Å². The molecule has 0 saturated heterocycles. The Morgan fingerprint density at radius 1 is 1.13 bits per heavy atom. The van der Waals surface area contributed by atoms with Gasteiger partial charge in [0, 0.05) is 0 Å². The van der Waals surface area contributed by atoms with E-state index in [-0.39, 0.29) is 25.0 Å². The number of hydrogen-bond donors (Lipinski definition) is 1. The number of nitrogens with one attached hydrogen (secondary N) is 1. The zero-order valence-electron chi connectivity index (χ0n) is 18.3. The van der Waals surface area contributed by atoms with Gasteiger partial charge in [-0.15, -0.1) is 0 Å². The highest BCUT2D eigenvalue weighted by Crippen LogP contribution is 2.30. The minimum atomic E-state index is -0.746. The highest BCUT2D eigenvalue weighted by atomic mass is 16.6. The summed E-state index contributed by atoms with van der Waals surface area (Å²) >= 11 is 0. The van der Waals surface area contributed by atoms with E-state index >= 15 is 0 Å². The van der Waals surface area contributed by atoms with E-state index < -0.39 is 23.8 Å². The van der Waals surface area contributed by atoms with Crippen molar-refractivity contribution in [2.75, 3.05) is 13.2 Å². The van der Waals surface area contributed by atoms with Crippen molar-refractivity contribution in [3.8, 4) is 0 Å². The summed E-state index contributed by atoms with van der Waals surface area (Å²) in [4.78, 5) is 36.5. The van der Waals surface area contributed by atoms with Crippen LogP contribution in [0.4, 0.5) is 4.79 Å². The van der Waals surface area contributed by atoms with Crippen molar-refractivity contribution in [2.24, 2.45) is 11.8 Å². The van der Waals surface area contributed by atoms with Gasteiger partial charge < -0.3 is 19.5 Å². The van der Waals surface area contributed by atoms with Crippen LogP contribution in [0.15, 0.2) is 30.3 Å². The quantitative estimate of drug-likeness (QED) is 0.527. The molecule has 1 aliphatic rings. The van der Waals surface area contributed by atoms with E-state index in [1.165, 1.54) is 0 Å². The number of alkyl carbamates (subject to hydrolysis) is 1. The molecule has 0 bridgehead atoms. The second-order valence-corrected chi connectivity index (χ2v) is 8.84. The molecular weight excluding hydrogens is 386 g/mol. The second-order valence-electron chi connectivity index (χ2n) is 8.84. The molecule has 30 heavy (non-hydrogen) atoms. The van der Waals surface area contributed by atoms with Crippen LogP contribution in [0.5, 0.6) is 0 Å². The number of amides is 1. The molecule has 1 N–H and O–H groups in total. The maximum Gasteiger partial charge on any atom is 0.408 e. The van der Waals surface area contributed by atoms with Crippen molar-refractivity contribution in [1.29, 1.82) is 0 Å². The van der Waals surface area contributed by atoms with Gasteiger partial charge in [0.25, 0.3) is 0 Å². The zero-order chi connectivity index (χ0) is 22.1. The Kier molecular flexibility index (Phi) is 8.69. The van der Waals surface area contributed by atoms with Crippen LogP contribution in [0.3, 0.4) is 0 Å². The van der Waals surface area contributed by atoms with Crippen LogP contribution < -0.4 is 5.32 Å². The van der Waals surface area contributed by atoms with Crippen LogP contribution in [0, 0.1) is 11.8 Å². The molecule has 1 amide bonds. The first kappa shape index (κ1) is 23.7. The molecule has 0 spiro atoms.